The summed E-state index contributed by atoms with van der Waals surface area (Å²) in [4.78, 5) is 23.1. The Morgan fingerprint density at radius 2 is 2.15 bits per heavy atom. The summed E-state index contributed by atoms with van der Waals surface area (Å²) >= 11 is 7.58. The number of imidazole rings is 1. The van der Waals surface area contributed by atoms with Crippen molar-refractivity contribution in [3.8, 4) is 0 Å². The van der Waals surface area contributed by atoms with Crippen LogP contribution in [-0.2, 0) is 30.0 Å². The van der Waals surface area contributed by atoms with E-state index in [0.29, 0.717) is 5.92 Å². The summed E-state index contributed by atoms with van der Waals surface area (Å²) in [5, 5.41) is -0.0390. The van der Waals surface area contributed by atoms with E-state index in [2.05, 4.69) is 69.2 Å². The standard InChI is InChI=1S/C26H40FN4O5PS2Si/c1-15(2)16-9-10-26(6)18(11-16)35-37(38,39-26)36-21-17(12-33-40(7,8)25(3,4)5)34-24(19(21)27)31-14-30-20-22(31)28-13-29-23(20)32/h13-14,16-19,21,24H,1,9-12H2,2-8H3,(H,28,29,32)/t16-,17-,18+,19-,21-,24-,26+,37-/m1/s1. The quantitative estimate of drug-likeness (QED) is 0.216. The molecule has 0 bridgehead atoms. The highest BCUT2D eigenvalue weighted by atomic mass is 32.9. The number of H-pyrrole nitrogens is 1. The van der Waals surface area contributed by atoms with Crippen LogP contribution in [0.5, 0.6) is 0 Å². The Hall–Kier alpha value is -0.923. The molecule has 2 aromatic rings. The van der Waals surface area contributed by atoms with Gasteiger partial charge in [-0.1, -0.05) is 44.3 Å². The van der Waals surface area contributed by atoms with E-state index < -0.39 is 44.2 Å². The largest absolute Gasteiger partial charge is 0.414 e. The molecule has 14 heteroatoms. The molecule has 5 rings (SSSR count). The Morgan fingerprint density at radius 1 is 1.43 bits per heavy atom. The summed E-state index contributed by atoms with van der Waals surface area (Å²) in [5.41, 5.74) is -1.82. The first kappa shape index (κ1) is 30.5. The van der Waals surface area contributed by atoms with Crippen molar-refractivity contribution in [3.05, 3.63) is 35.2 Å². The molecule has 9 nitrogen and oxygen atoms in total. The Kier molecular flexibility index (Phi) is 8.14. The van der Waals surface area contributed by atoms with Gasteiger partial charge in [0.2, 0.25) is 5.69 Å². The number of nitrogens with one attached hydrogen (secondary N) is 1. The van der Waals surface area contributed by atoms with E-state index in [1.54, 1.807) is 11.4 Å². The van der Waals surface area contributed by atoms with Gasteiger partial charge in [-0.2, -0.15) is 0 Å². The number of rotatable bonds is 7. The molecule has 3 fully saturated rings. The lowest BCUT2D eigenvalue weighted by Crippen LogP contribution is -2.44. The molecule has 0 spiro atoms. The third-order valence-corrected chi connectivity index (χ3v) is 19.3. The number of halogens is 1. The monoisotopic (exact) mass is 630 g/mol. The Labute approximate surface area is 245 Å². The smallest absolute Gasteiger partial charge is 0.278 e. The van der Waals surface area contributed by atoms with Crippen molar-refractivity contribution in [2.24, 2.45) is 5.92 Å². The zero-order valence-electron chi connectivity index (χ0n) is 24.2. The highest BCUT2D eigenvalue weighted by Crippen LogP contribution is 2.76. The van der Waals surface area contributed by atoms with Gasteiger partial charge >= 0.3 is 0 Å². The molecule has 0 unspecified atom stereocenters. The first-order valence-electron chi connectivity index (χ1n) is 13.7. The van der Waals surface area contributed by atoms with Crippen molar-refractivity contribution in [3.63, 3.8) is 0 Å². The molecule has 1 aliphatic carbocycles. The maximum absolute atomic E-state index is 16.4. The van der Waals surface area contributed by atoms with Gasteiger partial charge in [0.15, 0.2) is 31.9 Å². The maximum Gasteiger partial charge on any atom is 0.278 e. The number of ether oxygens (including phenoxy) is 1. The van der Waals surface area contributed by atoms with Gasteiger partial charge in [-0.3, -0.25) is 9.36 Å². The molecule has 4 heterocycles. The lowest BCUT2D eigenvalue weighted by Gasteiger charge is -2.37. The van der Waals surface area contributed by atoms with Gasteiger partial charge in [-0.15, -0.1) is 0 Å². The van der Waals surface area contributed by atoms with Crippen molar-refractivity contribution < 1.29 is 22.6 Å². The summed E-state index contributed by atoms with van der Waals surface area (Å²) in [6.45, 7) is 19.3. The van der Waals surface area contributed by atoms with Crippen LogP contribution in [0, 0.1) is 5.92 Å². The third kappa shape index (κ3) is 5.57. The van der Waals surface area contributed by atoms with Gasteiger partial charge in [-0.05, 0) is 69.0 Å². The van der Waals surface area contributed by atoms with Crippen molar-refractivity contribution in [2.75, 3.05) is 6.61 Å². The van der Waals surface area contributed by atoms with Gasteiger partial charge in [0.1, 0.15) is 12.2 Å². The second-order valence-corrected chi connectivity index (χ2v) is 24.3. The van der Waals surface area contributed by atoms with E-state index in [1.807, 2.05) is 0 Å². The zero-order chi connectivity index (χ0) is 29.3. The minimum Gasteiger partial charge on any atom is -0.414 e. The summed E-state index contributed by atoms with van der Waals surface area (Å²) in [5.74, 6) is 0.379. The minimum atomic E-state index is -2.92. The van der Waals surface area contributed by atoms with Crippen LogP contribution in [-0.4, -0.2) is 63.7 Å². The topological polar surface area (TPSA) is 100 Å². The fourth-order valence-corrected chi connectivity index (χ4v) is 13.9. The highest BCUT2D eigenvalue weighted by Gasteiger charge is 2.57. The molecule has 3 aliphatic rings. The number of fused-ring (bicyclic) bond motifs is 2. The van der Waals surface area contributed by atoms with Crippen LogP contribution in [0.3, 0.4) is 0 Å². The minimum absolute atomic E-state index is 0.0390. The predicted octanol–water partition coefficient (Wildman–Crippen LogP) is 6.25. The summed E-state index contributed by atoms with van der Waals surface area (Å²) < 4.78 is 43.5. The van der Waals surface area contributed by atoms with Crippen LogP contribution < -0.4 is 5.56 Å². The van der Waals surface area contributed by atoms with Crippen LogP contribution >= 0.6 is 17.1 Å². The Balaban J connectivity index is 1.42. The lowest BCUT2D eigenvalue weighted by atomic mass is 9.77. The van der Waals surface area contributed by atoms with Crippen molar-refractivity contribution in [2.45, 2.75) is 107 Å². The maximum atomic E-state index is 16.4. The molecule has 0 radical (unpaired) electrons. The van der Waals surface area contributed by atoms with Crippen molar-refractivity contribution >= 4 is 48.4 Å². The number of hydrogen-bond donors (Lipinski definition) is 1. The molecular formula is C26H40FN4O5PS2Si. The molecule has 2 aromatic heterocycles. The molecule has 2 saturated heterocycles. The Morgan fingerprint density at radius 3 is 2.83 bits per heavy atom. The van der Waals surface area contributed by atoms with Crippen LogP contribution in [0.25, 0.3) is 11.2 Å². The van der Waals surface area contributed by atoms with Crippen molar-refractivity contribution in [1.82, 2.24) is 19.5 Å². The number of alkyl halides is 1. The molecular weight excluding hydrogens is 591 g/mol. The Bertz CT molecular complexity index is 1400. The normalized spacial score (nSPS) is 36.7. The lowest BCUT2D eigenvalue weighted by molar-refractivity contribution is -0.0413. The second kappa shape index (κ2) is 10.7. The molecule has 2 aliphatic heterocycles. The molecule has 40 heavy (non-hydrogen) atoms. The van der Waals surface area contributed by atoms with E-state index in [0.717, 1.165) is 24.8 Å². The number of nitrogens with zero attached hydrogens (tertiary/aromatic N) is 3. The zero-order valence-corrected chi connectivity index (χ0v) is 27.7. The number of hydrogen-bond acceptors (Lipinski definition) is 9. The molecule has 1 N–H and O–H groups in total. The van der Waals surface area contributed by atoms with E-state index >= 15 is 4.39 Å². The fourth-order valence-electron chi connectivity index (χ4n) is 5.32. The fraction of sp³-hybridized carbons (Fsp3) is 0.731. The van der Waals surface area contributed by atoms with Gasteiger partial charge < -0.3 is 23.2 Å². The van der Waals surface area contributed by atoms with Gasteiger partial charge in [0.25, 0.3) is 5.56 Å². The van der Waals surface area contributed by atoms with Crippen molar-refractivity contribution in [1.29, 1.82) is 0 Å². The van der Waals surface area contributed by atoms with Crippen LogP contribution in [0.1, 0.15) is 60.1 Å². The molecule has 0 aromatic carbocycles. The van der Waals surface area contributed by atoms with E-state index in [9.17, 15) is 4.79 Å². The first-order chi connectivity index (χ1) is 18.5. The summed E-state index contributed by atoms with van der Waals surface area (Å²) in [6.07, 6.45) is 0.875. The summed E-state index contributed by atoms with van der Waals surface area (Å²) in [6, 6.07) is 0. The molecule has 8 atom stereocenters. The SMILES string of the molecule is C=C(C)[C@@H]1CC[C@]2(C)S[P@@](=S)(O[C@H]3[C@@H](F)[C@H](n4cnc5c(=O)[nH]cnc54)O[C@@H]3CO[Si](C)(C)C(C)(C)C)O[C@H]2C1. The van der Waals surface area contributed by atoms with Gasteiger partial charge in [-0.25, -0.2) is 14.4 Å². The number of aromatic nitrogens is 4. The average molecular weight is 631 g/mol. The van der Waals surface area contributed by atoms with Gasteiger partial charge in [0, 0.05) is 4.75 Å². The predicted molar refractivity (Wildman–Crippen MR) is 162 cm³/mol. The highest BCUT2D eigenvalue weighted by molar-refractivity contribution is 8.68. The van der Waals surface area contributed by atoms with Gasteiger partial charge in [0.05, 0.1) is 25.4 Å². The van der Waals surface area contributed by atoms with Crippen LogP contribution in [0.15, 0.2) is 29.6 Å². The van der Waals surface area contributed by atoms with Crippen LogP contribution in [0.2, 0.25) is 18.1 Å². The van der Waals surface area contributed by atoms with E-state index in [4.69, 9.17) is 30.0 Å². The van der Waals surface area contributed by atoms with E-state index in [1.165, 1.54) is 17.2 Å². The third-order valence-electron chi connectivity index (χ3n) is 9.01. The molecule has 1 saturated carbocycles. The number of aromatic amines is 1. The average Bonchev–Trinajstić information content (AvgIpc) is 3.48. The van der Waals surface area contributed by atoms with E-state index in [-0.39, 0.29) is 33.7 Å². The molecule has 0 amide bonds. The van der Waals surface area contributed by atoms with Crippen LogP contribution in [0.4, 0.5) is 4.39 Å². The molecule has 222 valence electrons. The first-order valence-corrected chi connectivity index (χ1v) is 20.7. The summed E-state index contributed by atoms with van der Waals surface area (Å²) in [7, 11) is -2.18. The number of allylic oxidation sites excluding steroid dienone is 1. The second-order valence-electron chi connectivity index (χ2n) is 13.0.